The third kappa shape index (κ3) is 5.27. The average molecular weight is 285 g/mol. The molecule has 1 rings (SSSR count). The van der Waals surface area contributed by atoms with Gasteiger partial charge in [0.2, 0.25) is 0 Å². The van der Waals surface area contributed by atoms with Crippen molar-refractivity contribution < 1.29 is 14.3 Å². The third-order valence-corrected chi connectivity index (χ3v) is 2.75. The second-order valence-electron chi connectivity index (χ2n) is 4.83. The van der Waals surface area contributed by atoms with Crippen LogP contribution < -0.4 is 11.1 Å². The van der Waals surface area contributed by atoms with Gasteiger partial charge in [-0.25, -0.2) is 14.5 Å². The molecule has 0 unspecified atom stereocenters. The van der Waals surface area contributed by atoms with E-state index in [0.29, 0.717) is 5.00 Å². The zero-order chi connectivity index (χ0) is 14.5. The molecule has 1 heterocycles. The number of nitrogens with one attached hydrogen (secondary N) is 1. The molecule has 0 bridgehead atoms. The number of rotatable bonds is 3. The molecule has 0 spiro atoms. The quantitative estimate of drug-likeness (QED) is 0.893. The van der Waals surface area contributed by atoms with E-state index in [1.165, 1.54) is 11.3 Å². The summed E-state index contributed by atoms with van der Waals surface area (Å²) in [5, 5.41) is 5.11. The Bertz CT molecular complexity index is 426. The molecule has 106 valence electrons. The van der Waals surface area contributed by atoms with E-state index in [1.54, 1.807) is 32.9 Å². The van der Waals surface area contributed by atoms with Crippen LogP contribution in [0.5, 0.6) is 0 Å². The number of carbonyl (C=O) groups excluding carboxylic acids is 2. The average Bonchev–Trinajstić information content (AvgIpc) is 2.75. The molecule has 1 aromatic rings. The maximum atomic E-state index is 12.0. The first-order valence-electron chi connectivity index (χ1n) is 5.88. The van der Waals surface area contributed by atoms with E-state index in [-0.39, 0.29) is 13.1 Å². The summed E-state index contributed by atoms with van der Waals surface area (Å²) < 4.78 is 5.17. The van der Waals surface area contributed by atoms with Gasteiger partial charge in [0, 0.05) is 13.1 Å². The number of anilines is 1. The summed E-state index contributed by atoms with van der Waals surface area (Å²) in [6.07, 6.45) is -0.702. The standard InChI is InChI=1S/C12H19N3O3S/c1-12(2,3)18-11(17)15(7-6-13)10(16)14-9-5-4-8-19-9/h4-5,8H,6-7,13H2,1-3H3,(H,14,16). The Hall–Kier alpha value is -1.60. The van der Waals surface area contributed by atoms with Gasteiger partial charge in [-0.15, -0.1) is 11.3 Å². The predicted octanol–water partition coefficient (Wildman–Crippen LogP) is 2.48. The van der Waals surface area contributed by atoms with Gasteiger partial charge in [0.05, 0.1) is 5.00 Å². The molecule has 0 saturated carbocycles. The summed E-state index contributed by atoms with van der Waals surface area (Å²) in [5.74, 6) is 0. The molecule has 0 aliphatic rings. The number of urea groups is 1. The van der Waals surface area contributed by atoms with Gasteiger partial charge >= 0.3 is 12.1 Å². The van der Waals surface area contributed by atoms with Crippen LogP contribution >= 0.6 is 11.3 Å². The molecular formula is C12H19N3O3S. The van der Waals surface area contributed by atoms with E-state index < -0.39 is 17.7 Å². The number of amides is 3. The number of nitrogens with zero attached hydrogens (tertiary/aromatic N) is 1. The number of ether oxygens (including phenoxy) is 1. The number of carbonyl (C=O) groups is 2. The minimum absolute atomic E-state index is 0.103. The second kappa shape index (κ2) is 6.53. The Kier molecular flexibility index (Phi) is 5.31. The van der Waals surface area contributed by atoms with Crippen molar-refractivity contribution in [3.63, 3.8) is 0 Å². The Morgan fingerprint density at radius 2 is 2.16 bits per heavy atom. The minimum Gasteiger partial charge on any atom is -0.443 e. The van der Waals surface area contributed by atoms with Crippen molar-refractivity contribution in [2.45, 2.75) is 26.4 Å². The highest BCUT2D eigenvalue weighted by atomic mass is 32.1. The van der Waals surface area contributed by atoms with E-state index >= 15 is 0 Å². The molecule has 6 nitrogen and oxygen atoms in total. The molecule has 0 aromatic carbocycles. The Labute approximate surface area is 116 Å². The normalized spacial score (nSPS) is 10.9. The van der Waals surface area contributed by atoms with E-state index in [4.69, 9.17) is 10.5 Å². The van der Waals surface area contributed by atoms with Gasteiger partial charge in [-0.3, -0.25) is 5.32 Å². The zero-order valence-electron chi connectivity index (χ0n) is 11.3. The lowest BCUT2D eigenvalue weighted by Crippen LogP contribution is -2.45. The van der Waals surface area contributed by atoms with E-state index in [9.17, 15) is 9.59 Å². The van der Waals surface area contributed by atoms with Crippen molar-refractivity contribution in [1.82, 2.24) is 4.90 Å². The molecule has 1 aromatic heterocycles. The van der Waals surface area contributed by atoms with Gasteiger partial charge in [-0.05, 0) is 38.3 Å². The fraction of sp³-hybridized carbons (Fsp3) is 0.500. The SMILES string of the molecule is CC(C)(C)OC(=O)N(CCN)C(=O)Nc1cccs1. The number of nitrogens with two attached hydrogens (primary N) is 1. The first-order valence-corrected chi connectivity index (χ1v) is 6.76. The van der Waals surface area contributed by atoms with Crippen molar-refractivity contribution in [3.05, 3.63) is 17.5 Å². The lowest BCUT2D eigenvalue weighted by atomic mass is 10.2. The van der Waals surface area contributed by atoms with Crippen molar-refractivity contribution in [2.75, 3.05) is 18.4 Å². The number of hydrogen-bond donors (Lipinski definition) is 2. The van der Waals surface area contributed by atoms with Crippen LogP contribution in [0.15, 0.2) is 17.5 Å². The predicted molar refractivity (Wildman–Crippen MR) is 75.3 cm³/mol. The summed E-state index contributed by atoms with van der Waals surface area (Å²) in [4.78, 5) is 24.9. The van der Waals surface area contributed by atoms with Crippen molar-refractivity contribution >= 4 is 28.5 Å². The maximum absolute atomic E-state index is 12.0. The highest BCUT2D eigenvalue weighted by molar-refractivity contribution is 7.14. The lowest BCUT2D eigenvalue weighted by molar-refractivity contribution is 0.0337. The highest BCUT2D eigenvalue weighted by Gasteiger charge is 2.26. The molecular weight excluding hydrogens is 266 g/mol. The molecule has 3 N–H and O–H groups in total. The monoisotopic (exact) mass is 285 g/mol. The van der Waals surface area contributed by atoms with Gasteiger partial charge in [0.1, 0.15) is 5.60 Å². The smallest absolute Gasteiger partial charge is 0.418 e. The van der Waals surface area contributed by atoms with E-state index in [1.807, 2.05) is 5.38 Å². The fourth-order valence-electron chi connectivity index (χ4n) is 1.24. The topological polar surface area (TPSA) is 84.7 Å². The van der Waals surface area contributed by atoms with Gasteiger partial charge in [-0.2, -0.15) is 0 Å². The Morgan fingerprint density at radius 3 is 2.63 bits per heavy atom. The minimum atomic E-state index is -0.702. The number of imide groups is 1. The van der Waals surface area contributed by atoms with Crippen LogP contribution in [-0.2, 0) is 4.74 Å². The number of hydrogen-bond acceptors (Lipinski definition) is 5. The van der Waals surface area contributed by atoms with Crippen LogP contribution in [0.25, 0.3) is 0 Å². The van der Waals surface area contributed by atoms with Gasteiger partial charge in [-0.1, -0.05) is 0 Å². The summed E-state index contributed by atoms with van der Waals surface area (Å²) in [5.41, 5.74) is 4.76. The van der Waals surface area contributed by atoms with Gasteiger partial charge in [0.15, 0.2) is 0 Å². The number of thiophene rings is 1. The molecule has 3 amide bonds. The van der Waals surface area contributed by atoms with Crippen molar-refractivity contribution in [1.29, 1.82) is 0 Å². The van der Waals surface area contributed by atoms with Crippen LogP contribution in [0.4, 0.5) is 14.6 Å². The summed E-state index contributed by atoms with van der Waals surface area (Å²) in [7, 11) is 0. The molecule has 0 atom stereocenters. The van der Waals surface area contributed by atoms with Crippen LogP contribution in [0.1, 0.15) is 20.8 Å². The molecule has 19 heavy (non-hydrogen) atoms. The summed E-state index contributed by atoms with van der Waals surface area (Å²) >= 11 is 1.37. The summed E-state index contributed by atoms with van der Waals surface area (Å²) in [6.45, 7) is 5.50. The zero-order valence-corrected chi connectivity index (χ0v) is 12.1. The maximum Gasteiger partial charge on any atom is 0.418 e. The van der Waals surface area contributed by atoms with Crippen LogP contribution in [0.2, 0.25) is 0 Å². The molecule has 0 saturated heterocycles. The fourth-order valence-corrected chi connectivity index (χ4v) is 1.85. The van der Waals surface area contributed by atoms with Gasteiger partial charge in [0.25, 0.3) is 0 Å². The van der Waals surface area contributed by atoms with E-state index in [0.717, 1.165) is 4.90 Å². The Balaban J connectivity index is 2.70. The third-order valence-electron chi connectivity index (χ3n) is 1.96. The first-order chi connectivity index (χ1) is 8.83. The molecule has 7 heteroatoms. The molecule has 0 fully saturated rings. The molecule has 0 radical (unpaired) electrons. The van der Waals surface area contributed by atoms with Crippen LogP contribution in [0.3, 0.4) is 0 Å². The Morgan fingerprint density at radius 1 is 1.47 bits per heavy atom. The second-order valence-corrected chi connectivity index (χ2v) is 5.78. The molecule has 0 aliphatic heterocycles. The first kappa shape index (κ1) is 15.5. The molecule has 0 aliphatic carbocycles. The van der Waals surface area contributed by atoms with Crippen molar-refractivity contribution in [2.24, 2.45) is 5.73 Å². The summed E-state index contributed by atoms with van der Waals surface area (Å²) in [6, 6.07) is 3.02. The van der Waals surface area contributed by atoms with Gasteiger partial charge < -0.3 is 10.5 Å². The largest absolute Gasteiger partial charge is 0.443 e. The highest BCUT2D eigenvalue weighted by Crippen LogP contribution is 2.16. The lowest BCUT2D eigenvalue weighted by Gasteiger charge is -2.25. The van der Waals surface area contributed by atoms with Crippen LogP contribution in [0, 0.1) is 0 Å². The van der Waals surface area contributed by atoms with E-state index in [2.05, 4.69) is 5.32 Å². The van der Waals surface area contributed by atoms with Crippen LogP contribution in [-0.4, -0.2) is 35.7 Å². The van der Waals surface area contributed by atoms with Crippen molar-refractivity contribution in [3.8, 4) is 0 Å².